The lowest BCUT2D eigenvalue weighted by molar-refractivity contribution is -0.149. The fraction of sp³-hybridized carbons (Fsp3) is 0.333. The van der Waals surface area contributed by atoms with Crippen molar-refractivity contribution in [3.05, 3.63) is 89.4 Å². The zero-order chi connectivity index (χ0) is 33.6. The number of esters is 1. The molecule has 13 heteroatoms. The number of aromatic nitrogens is 2. The molecule has 0 saturated heterocycles. The molecule has 2 N–H and O–H groups in total. The van der Waals surface area contributed by atoms with E-state index in [1.807, 2.05) is 0 Å². The Morgan fingerprint density at radius 1 is 1.07 bits per heavy atom. The van der Waals surface area contributed by atoms with Crippen LogP contribution in [0.15, 0.2) is 67.0 Å². The van der Waals surface area contributed by atoms with E-state index in [-0.39, 0.29) is 34.7 Å². The van der Waals surface area contributed by atoms with Crippen LogP contribution in [0.25, 0.3) is 10.9 Å². The summed E-state index contributed by atoms with van der Waals surface area (Å²) in [5.41, 5.74) is 0.662. The van der Waals surface area contributed by atoms with Crippen molar-refractivity contribution in [1.29, 1.82) is 0 Å². The highest BCUT2D eigenvalue weighted by Gasteiger charge is 2.36. The molecule has 0 aliphatic rings. The quantitative estimate of drug-likeness (QED) is 0.0979. The van der Waals surface area contributed by atoms with Crippen molar-refractivity contribution in [3.8, 4) is 11.5 Å². The number of aldehydes is 1. The first-order valence-electron chi connectivity index (χ1n) is 14.6. The molecule has 0 bridgehead atoms. The summed E-state index contributed by atoms with van der Waals surface area (Å²) in [5.74, 6) is -0.897. The van der Waals surface area contributed by atoms with Gasteiger partial charge in [-0.25, -0.2) is 9.36 Å². The van der Waals surface area contributed by atoms with Crippen LogP contribution in [0, 0.1) is 6.92 Å². The number of ether oxygens (including phenoxy) is 2. The number of hydrogen-bond donors (Lipinski definition) is 2. The number of fused-ring (bicyclic) bond motifs is 1. The monoisotopic (exact) mass is 651 g/mol. The third-order valence-electron chi connectivity index (χ3n) is 6.59. The molecule has 2 heterocycles. The molecule has 2 atom stereocenters. The number of rotatable bonds is 12. The van der Waals surface area contributed by atoms with Crippen LogP contribution >= 0.6 is 7.75 Å². The minimum absolute atomic E-state index is 0.0792. The van der Waals surface area contributed by atoms with Gasteiger partial charge in [-0.1, -0.05) is 36.4 Å². The molecule has 0 amide bonds. The SMILES string of the molecule is Cc1ncc(COP(=O)(N[C@@H](Cc2cn(C(=O)OC(C)(C)C)c3ccccc23)C(=O)OC(C)C)Oc2ccccc2)c(C=O)c1O. The topological polar surface area (TPSA) is 155 Å². The predicted molar refractivity (Wildman–Crippen MR) is 171 cm³/mol. The lowest BCUT2D eigenvalue weighted by Crippen LogP contribution is -2.40. The zero-order valence-corrected chi connectivity index (χ0v) is 27.4. The van der Waals surface area contributed by atoms with E-state index in [2.05, 4.69) is 10.1 Å². The second kappa shape index (κ2) is 14.3. The van der Waals surface area contributed by atoms with Crippen LogP contribution in [0.2, 0.25) is 0 Å². The molecule has 12 nitrogen and oxygen atoms in total. The first kappa shape index (κ1) is 34.4. The molecular weight excluding hydrogens is 613 g/mol. The normalized spacial score (nSPS) is 13.6. The van der Waals surface area contributed by atoms with Crippen LogP contribution in [0.5, 0.6) is 11.5 Å². The first-order chi connectivity index (χ1) is 21.7. The molecule has 2 aromatic carbocycles. The van der Waals surface area contributed by atoms with Gasteiger partial charge in [-0.05, 0) is 65.3 Å². The van der Waals surface area contributed by atoms with Gasteiger partial charge in [-0.2, -0.15) is 5.09 Å². The third-order valence-corrected chi connectivity index (χ3v) is 8.14. The van der Waals surface area contributed by atoms with Crippen molar-refractivity contribution in [2.24, 2.45) is 0 Å². The van der Waals surface area contributed by atoms with E-state index >= 15 is 0 Å². The standard InChI is InChI=1S/C33H38N3O9P/c1-21(2)43-31(39)28(16-23-18-36(32(40)44-33(4,5)6)29-15-11-10-14-26(23)29)35-46(41,45-25-12-8-7-9-13-25)42-20-24-17-34-22(3)30(38)27(24)19-37/h7-15,17-19,21,28,38H,16,20H2,1-6H3,(H,35,41)/t28-,46?/m0/s1. The molecule has 0 spiro atoms. The van der Waals surface area contributed by atoms with Gasteiger partial charge in [-0.3, -0.25) is 23.7 Å². The highest BCUT2D eigenvalue weighted by atomic mass is 31.2. The lowest BCUT2D eigenvalue weighted by Gasteiger charge is -2.25. The van der Waals surface area contributed by atoms with Gasteiger partial charge in [-0.15, -0.1) is 0 Å². The van der Waals surface area contributed by atoms with Gasteiger partial charge in [0.25, 0.3) is 0 Å². The summed E-state index contributed by atoms with van der Waals surface area (Å²) < 4.78 is 38.5. The number of aryl methyl sites for hydroxylation is 1. The average Bonchev–Trinajstić information content (AvgIpc) is 3.35. The van der Waals surface area contributed by atoms with Crippen LogP contribution < -0.4 is 9.61 Å². The van der Waals surface area contributed by atoms with E-state index in [1.54, 1.807) is 95.4 Å². The van der Waals surface area contributed by atoms with E-state index in [1.165, 1.54) is 17.7 Å². The maximum Gasteiger partial charge on any atom is 0.459 e. The number of nitrogens with zero attached hydrogens (tertiary/aromatic N) is 2. The van der Waals surface area contributed by atoms with Gasteiger partial charge < -0.3 is 19.1 Å². The summed E-state index contributed by atoms with van der Waals surface area (Å²) in [6.45, 7) is 9.70. The van der Waals surface area contributed by atoms with E-state index in [9.17, 15) is 24.1 Å². The fourth-order valence-electron chi connectivity index (χ4n) is 4.55. The molecule has 1 unspecified atom stereocenters. The summed E-state index contributed by atoms with van der Waals surface area (Å²) in [6, 6.07) is 14.0. The Hall–Kier alpha value is -4.51. The van der Waals surface area contributed by atoms with Crippen molar-refractivity contribution >= 4 is 37.0 Å². The smallest absolute Gasteiger partial charge is 0.459 e. The number of nitrogens with one attached hydrogen (secondary N) is 1. The lowest BCUT2D eigenvalue weighted by atomic mass is 10.1. The molecule has 244 valence electrons. The number of pyridine rings is 1. The molecule has 0 saturated carbocycles. The Labute approximate surface area is 267 Å². The second-order valence-corrected chi connectivity index (χ2v) is 13.5. The minimum Gasteiger partial charge on any atom is -0.505 e. The molecule has 0 fully saturated rings. The molecule has 0 aliphatic carbocycles. The van der Waals surface area contributed by atoms with Crippen LogP contribution in [0.3, 0.4) is 0 Å². The minimum atomic E-state index is -4.43. The van der Waals surface area contributed by atoms with Crippen molar-refractivity contribution in [3.63, 3.8) is 0 Å². The number of aromatic hydroxyl groups is 1. The van der Waals surface area contributed by atoms with Gasteiger partial charge >= 0.3 is 19.8 Å². The Kier molecular flexibility index (Phi) is 10.7. The molecule has 4 aromatic rings. The first-order valence-corrected chi connectivity index (χ1v) is 16.2. The van der Waals surface area contributed by atoms with Gasteiger partial charge in [0.2, 0.25) is 0 Å². The third kappa shape index (κ3) is 8.60. The van der Waals surface area contributed by atoms with Crippen molar-refractivity contribution in [1.82, 2.24) is 14.6 Å². The largest absolute Gasteiger partial charge is 0.505 e. The highest BCUT2D eigenvalue weighted by Crippen LogP contribution is 2.46. The number of carbonyl (C=O) groups is 3. The van der Waals surface area contributed by atoms with E-state index in [4.69, 9.17) is 18.5 Å². The molecule has 2 aromatic heterocycles. The molecule has 4 rings (SSSR count). The summed E-state index contributed by atoms with van der Waals surface area (Å²) >= 11 is 0. The molecule has 46 heavy (non-hydrogen) atoms. The number of carbonyl (C=O) groups excluding carboxylic acids is 3. The van der Waals surface area contributed by atoms with Crippen LogP contribution in [0.1, 0.15) is 61.8 Å². The van der Waals surface area contributed by atoms with Gasteiger partial charge in [0.15, 0.2) is 6.29 Å². The Balaban J connectivity index is 1.73. The Bertz CT molecular complexity index is 1760. The Morgan fingerprint density at radius 3 is 2.39 bits per heavy atom. The summed E-state index contributed by atoms with van der Waals surface area (Å²) in [7, 11) is -4.43. The second-order valence-electron chi connectivity index (χ2n) is 11.8. The number of hydrogen-bond acceptors (Lipinski definition) is 10. The molecular formula is C33H38N3O9P. The number of para-hydroxylation sites is 2. The van der Waals surface area contributed by atoms with Crippen LogP contribution in [0.4, 0.5) is 4.79 Å². The van der Waals surface area contributed by atoms with Crippen molar-refractivity contribution in [2.75, 3.05) is 0 Å². The van der Waals surface area contributed by atoms with Crippen LogP contribution in [-0.4, -0.2) is 50.8 Å². The highest BCUT2D eigenvalue weighted by molar-refractivity contribution is 7.52. The number of benzene rings is 2. The van der Waals surface area contributed by atoms with Gasteiger partial charge in [0.05, 0.1) is 29.5 Å². The van der Waals surface area contributed by atoms with Gasteiger partial charge in [0.1, 0.15) is 23.1 Å². The molecule has 0 radical (unpaired) electrons. The summed E-state index contributed by atoms with van der Waals surface area (Å²) in [4.78, 5) is 42.4. The zero-order valence-electron chi connectivity index (χ0n) is 26.6. The maximum atomic E-state index is 14.4. The van der Waals surface area contributed by atoms with Crippen molar-refractivity contribution < 1.29 is 42.6 Å². The van der Waals surface area contributed by atoms with E-state index < -0.39 is 44.2 Å². The van der Waals surface area contributed by atoms with E-state index in [0.29, 0.717) is 22.8 Å². The van der Waals surface area contributed by atoms with Crippen molar-refractivity contribution in [2.45, 2.75) is 72.3 Å². The summed E-state index contributed by atoms with van der Waals surface area (Å²) in [5, 5.41) is 13.7. The fourth-order valence-corrected chi connectivity index (χ4v) is 6.01. The van der Waals surface area contributed by atoms with Crippen LogP contribution in [-0.2, 0) is 36.4 Å². The maximum absolute atomic E-state index is 14.4. The Morgan fingerprint density at radius 2 is 1.74 bits per heavy atom. The predicted octanol–water partition coefficient (Wildman–Crippen LogP) is 6.50. The summed E-state index contributed by atoms with van der Waals surface area (Å²) in [6.07, 6.45) is 2.14. The molecule has 0 aliphatic heterocycles. The average molecular weight is 652 g/mol. The van der Waals surface area contributed by atoms with E-state index in [0.717, 1.165) is 0 Å². The van der Waals surface area contributed by atoms with Gasteiger partial charge in [0, 0.05) is 29.8 Å².